The fraction of sp³-hybridized carbons (Fsp3) is 0.179. The first-order valence-corrected chi connectivity index (χ1v) is 11.3. The summed E-state index contributed by atoms with van der Waals surface area (Å²) in [5, 5.41) is 4.75. The van der Waals surface area contributed by atoms with Crippen molar-refractivity contribution in [3.8, 4) is 22.7 Å². The highest BCUT2D eigenvalue weighted by atomic mass is 16.5. The Bertz CT molecular complexity index is 1560. The third-order valence-corrected chi connectivity index (χ3v) is 6.07. The molecule has 6 heteroatoms. The molecule has 0 fully saturated rings. The van der Waals surface area contributed by atoms with Crippen LogP contribution in [0.15, 0.2) is 77.7 Å². The van der Waals surface area contributed by atoms with E-state index in [9.17, 15) is 4.79 Å². The van der Waals surface area contributed by atoms with Gasteiger partial charge in [-0.2, -0.15) is 5.10 Å². The standard InChI is InChI=1S/C28H26N4O2/c1-18-11-13-23(14-12-18)32-20(3)16-24(30-32)26-21(4)29-27-25(10-7-15-31(27)28(26)33)34-17-22-9-6-5-8-19(22)2/h5-16H,17H2,1-4H3. The Kier molecular flexibility index (Phi) is 5.49. The van der Waals surface area contributed by atoms with Crippen LogP contribution in [0.4, 0.5) is 0 Å². The summed E-state index contributed by atoms with van der Waals surface area (Å²) in [7, 11) is 0. The molecule has 5 aromatic rings. The largest absolute Gasteiger partial charge is 0.485 e. The Labute approximate surface area is 198 Å². The molecule has 0 atom stereocenters. The summed E-state index contributed by atoms with van der Waals surface area (Å²) in [6.45, 7) is 8.33. The quantitative estimate of drug-likeness (QED) is 0.362. The molecule has 0 aliphatic carbocycles. The molecule has 0 saturated heterocycles. The monoisotopic (exact) mass is 450 g/mol. The van der Waals surface area contributed by atoms with Gasteiger partial charge in [0.1, 0.15) is 12.3 Å². The van der Waals surface area contributed by atoms with Crippen LogP contribution in [0, 0.1) is 27.7 Å². The summed E-state index contributed by atoms with van der Waals surface area (Å²) in [5.41, 5.74) is 7.37. The van der Waals surface area contributed by atoms with Crippen LogP contribution in [0.2, 0.25) is 0 Å². The van der Waals surface area contributed by atoms with Crippen LogP contribution in [0.5, 0.6) is 5.75 Å². The van der Waals surface area contributed by atoms with E-state index in [0.29, 0.717) is 35.0 Å². The molecule has 0 aliphatic rings. The molecule has 34 heavy (non-hydrogen) atoms. The minimum atomic E-state index is -0.169. The average Bonchev–Trinajstić information content (AvgIpc) is 3.20. The minimum absolute atomic E-state index is 0.169. The van der Waals surface area contributed by atoms with Crippen molar-refractivity contribution >= 4 is 5.65 Å². The summed E-state index contributed by atoms with van der Waals surface area (Å²) < 4.78 is 9.48. The predicted molar refractivity (Wildman–Crippen MR) is 134 cm³/mol. The van der Waals surface area contributed by atoms with E-state index in [0.717, 1.165) is 22.5 Å². The lowest BCUT2D eigenvalue weighted by molar-refractivity contribution is 0.307. The van der Waals surface area contributed by atoms with E-state index in [-0.39, 0.29) is 5.56 Å². The first kappa shape index (κ1) is 21.6. The number of aromatic nitrogens is 4. The highest BCUT2D eigenvalue weighted by Crippen LogP contribution is 2.25. The van der Waals surface area contributed by atoms with E-state index in [1.165, 1.54) is 9.96 Å². The highest BCUT2D eigenvalue weighted by molar-refractivity contribution is 5.65. The van der Waals surface area contributed by atoms with Gasteiger partial charge in [-0.3, -0.25) is 9.20 Å². The third-order valence-electron chi connectivity index (χ3n) is 6.07. The number of aryl methyl sites for hydroxylation is 4. The number of benzene rings is 2. The first-order valence-electron chi connectivity index (χ1n) is 11.3. The van der Waals surface area contributed by atoms with E-state index < -0.39 is 0 Å². The van der Waals surface area contributed by atoms with Crippen molar-refractivity contribution in [2.24, 2.45) is 0 Å². The zero-order valence-electron chi connectivity index (χ0n) is 19.7. The smallest absolute Gasteiger partial charge is 0.267 e. The van der Waals surface area contributed by atoms with Gasteiger partial charge in [0.2, 0.25) is 0 Å². The lowest BCUT2D eigenvalue weighted by Crippen LogP contribution is -2.19. The maximum Gasteiger partial charge on any atom is 0.267 e. The summed E-state index contributed by atoms with van der Waals surface area (Å²) in [6, 6.07) is 21.8. The zero-order valence-corrected chi connectivity index (χ0v) is 19.7. The fourth-order valence-corrected chi connectivity index (χ4v) is 4.12. The molecule has 170 valence electrons. The highest BCUT2D eigenvalue weighted by Gasteiger charge is 2.18. The number of hydrogen-bond donors (Lipinski definition) is 0. The van der Waals surface area contributed by atoms with Crippen molar-refractivity contribution in [1.29, 1.82) is 0 Å². The molecule has 0 N–H and O–H groups in total. The number of pyridine rings is 1. The van der Waals surface area contributed by atoms with E-state index >= 15 is 0 Å². The molecule has 0 amide bonds. The third kappa shape index (κ3) is 3.88. The van der Waals surface area contributed by atoms with Gasteiger partial charge in [-0.15, -0.1) is 0 Å². The average molecular weight is 451 g/mol. The molecule has 0 aliphatic heterocycles. The molecule has 3 heterocycles. The van der Waals surface area contributed by atoms with Gasteiger partial charge < -0.3 is 4.74 Å². The lowest BCUT2D eigenvalue weighted by Gasteiger charge is -2.12. The van der Waals surface area contributed by atoms with Crippen molar-refractivity contribution in [3.63, 3.8) is 0 Å². The molecule has 3 aromatic heterocycles. The first-order chi connectivity index (χ1) is 16.4. The molecular formula is C28H26N4O2. The molecule has 0 unspecified atom stereocenters. The molecular weight excluding hydrogens is 424 g/mol. The number of ether oxygens (including phenoxy) is 1. The molecule has 2 aromatic carbocycles. The van der Waals surface area contributed by atoms with Crippen molar-refractivity contribution in [1.82, 2.24) is 19.2 Å². The molecule has 5 rings (SSSR count). The van der Waals surface area contributed by atoms with Gasteiger partial charge in [0, 0.05) is 11.9 Å². The van der Waals surface area contributed by atoms with Crippen LogP contribution >= 0.6 is 0 Å². The molecule has 0 saturated carbocycles. The fourth-order valence-electron chi connectivity index (χ4n) is 4.12. The van der Waals surface area contributed by atoms with Gasteiger partial charge >= 0.3 is 0 Å². The SMILES string of the molecule is Cc1ccc(-n2nc(-c3c(C)nc4c(OCc5ccccc5C)cccn4c3=O)cc2C)cc1. The maximum atomic E-state index is 13.6. The second kappa shape index (κ2) is 8.63. The number of fused-ring (bicyclic) bond motifs is 1. The van der Waals surface area contributed by atoms with Crippen LogP contribution in [0.1, 0.15) is 28.1 Å². The Morgan fingerprint density at radius 1 is 0.912 bits per heavy atom. The van der Waals surface area contributed by atoms with Gasteiger partial charge in [-0.25, -0.2) is 9.67 Å². The summed E-state index contributed by atoms with van der Waals surface area (Å²) in [4.78, 5) is 18.3. The Morgan fingerprint density at radius 2 is 1.68 bits per heavy atom. The minimum Gasteiger partial charge on any atom is -0.485 e. The van der Waals surface area contributed by atoms with Crippen LogP contribution < -0.4 is 10.3 Å². The Balaban J connectivity index is 1.55. The predicted octanol–water partition coefficient (Wildman–Crippen LogP) is 5.36. The molecule has 0 radical (unpaired) electrons. The van der Waals surface area contributed by atoms with Crippen LogP contribution in [0.25, 0.3) is 22.6 Å². The van der Waals surface area contributed by atoms with Crippen LogP contribution in [-0.2, 0) is 6.61 Å². The second-order valence-electron chi connectivity index (χ2n) is 8.58. The van der Waals surface area contributed by atoms with E-state index in [4.69, 9.17) is 14.8 Å². The lowest BCUT2D eigenvalue weighted by atomic mass is 10.1. The van der Waals surface area contributed by atoms with E-state index in [2.05, 4.69) is 19.9 Å². The van der Waals surface area contributed by atoms with Gasteiger partial charge in [-0.1, -0.05) is 42.0 Å². The van der Waals surface area contributed by atoms with Crippen molar-refractivity contribution in [2.45, 2.75) is 34.3 Å². The van der Waals surface area contributed by atoms with E-state index in [1.54, 1.807) is 12.3 Å². The Morgan fingerprint density at radius 3 is 2.44 bits per heavy atom. The zero-order chi connectivity index (χ0) is 23.8. The number of rotatable bonds is 5. The van der Waals surface area contributed by atoms with Crippen molar-refractivity contribution in [2.75, 3.05) is 0 Å². The molecule has 0 bridgehead atoms. The summed E-state index contributed by atoms with van der Waals surface area (Å²) >= 11 is 0. The topological polar surface area (TPSA) is 61.4 Å². The number of nitrogens with zero attached hydrogens (tertiary/aromatic N) is 4. The van der Waals surface area contributed by atoms with Crippen LogP contribution in [-0.4, -0.2) is 19.2 Å². The maximum absolute atomic E-state index is 13.6. The molecule has 6 nitrogen and oxygen atoms in total. The normalized spacial score (nSPS) is 11.2. The van der Waals surface area contributed by atoms with Gasteiger partial charge in [0.05, 0.1) is 16.9 Å². The van der Waals surface area contributed by atoms with Crippen molar-refractivity contribution < 1.29 is 4.74 Å². The van der Waals surface area contributed by atoms with Crippen LogP contribution in [0.3, 0.4) is 0 Å². The van der Waals surface area contributed by atoms with Gasteiger partial charge in [-0.05, 0) is 69.2 Å². The summed E-state index contributed by atoms with van der Waals surface area (Å²) in [5.74, 6) is 0.568. The van der Waals surface area contributed by atoms with Gasteiger partial charge in [0.25, 0.3) is 5.56 Å². The summed E-state index contributed by atoms with van der Waals surface area (Å²) in [6.07, 6.45) is 1.72. The number of hydrogen-bond acceptors (Lipinski definition) is 4. The second-order valence-corrected chi connectivity index (χ2v) is 8.58. The Hall–Kier alpha value is -4.19. The molecule has 0 spiro atoms. The van der Waals surface area contributed by atoms with E-state index in [1.807, 2.05) is 73.1 Å². The van der Waals surface area contributed by atoms with Crippen molar-refractivity contribution in [3.05, 3.63) is 111 Å². The van der Waals surface area contributed by atoms with Gasteiger partial charge in [0.15, 0.2) is 11.4 Å².